The number of amides is 1. The number of anilines is 1. The molecule has 2 aromatic carbocycles. The molecule has 0 aliphatic rings. The lowest BCUT2D eigenvalue weighted by Crippen LogP contribution is -2.32. The number of hydrogen-bond donors (Lipinski definition) is 0. The van der Waals surface area contributed by atoms with Gasteiger partial charge in [-0.3, -0.25) is 19.1 Å². The van der Waals surface area contributed by atoms with Crippen LogP contribution in [-0.2, 0) is 22.6 Å². The maximum atomic E-state index is 13.4. The van der Waals surface area contributed by atoms with Gasteiger partial charge in [-0.2, -0.15) is 0 Å². The molecule has 1 amide bonds. The summed E-state index contributed by atoms with van der Waals surface area (Å²) < 4.78 is 12.0. The Morgan fingerprint density at radius 2 is 1.94 bits per heavy atom. The molecule has 2 aromatic heterocycles. The van der Waals surface area contributed by atoms with Crippen molar-refractivity contribution in [3.8, 4) is 5.75 Å². The SMILES string of the molecule is COCCCn1c(SCC(=O)N(Cc2ccc(OC)cc2)c2nccs2)nc2ccccc2c1=O. The fourth-order valence-electron chi connectivity index (χ4n) is 3.55. The first-order valence-corrected chi connectivity index (χ1v) is 12.9. The number of para-hydroxylation sites is 1. The standard InChI is InChI=1S/C25H26N4O4S2/c1-32-14-5-13-28-23(31)20-6-3-4-7-21(20)27-25(28)35-17-22(30)29(24-26-12-15-34-24)16-18-8-10-19(33-2)11-9-18/h3-4,6-12,15H,5,13-14,16-17H2,1-2H3. The number of hydrogen-bond acceptors (Lipinski definition) is 8. The number of methoxy groups -OCH3 is 2. The van der Waals surface area contributed by atoms with E-state index in [4.69, 9.17) is 14.5 Å². The van der Waals surface area contributed by atoms with Gasteiger partial charge in [-0.05, 0) is 36.2 Å². The molecule has 0 unspecified atom stereocenters. The van der Waals surface area contributed by atoms with Gasteiger partial charge in [-0.25, -0.2) is 9.97 Å². The van der Waals surface area contributed by atoms with Gasteiger partial charge in [0, 0.05) is 31.8 Å². The number of nitrogens with zero attached hydrogens (tertiary/aromatic N) is 4. The van der Waals surface area contributed by atoms with Crippen LogP contribution in [0, 0.1) is 0 Å². The van der Waals surface area contributed by atoms with E-state index in [1.807, 2.05) is 47.8 Å². The van der Waals surface area contributed by atoms with Gasteiger partial charge >= 0.3 is 0 Å². The fraction of sp³-hybridized carbons (Fsp3) is 0.280. The van der Waals surface area contributed by atoms with Crippen LogP contribution >= 0.6 is 23.1 Å². The fourth-order valence-corrected chi connectivity index (χ4v) is 5.11. The van der Waals surface area contributed by atoms with Crippen molar-refractivity contribution in [2.45, 2.75) is 24.7 Å². The molecule has 0 saturated heterocycles. The molecule has 8 nitrogen and oxygen atoms in total. The number of benzene rings is 2. The summed E-state index contributed by atoms with van der Waals surface area (Å²) in [6.45, 7) is 1.37. The van der Waals surface area contributed by atoms with E-state index >= 15 is 0 Å². The highest BCUT2D eigenvalue weighted by Gasteiger charge is 2.21. The van der Waals surface area contributed by atoms with Crippen molar-refractivity contribution in [1.82, 2.24) is 14.5 Å². The molecule has 0 fully saturated rings. The minimum Gasteiger partial charge on any atom is -0.497 e. The molecule has 0 saturated carbocycles. The van der Waals surface area contributed by atoms with E-state index in [2.05, 4.69) is 4.98 Å². The zero-order valence-corrected chi connectivity index (χ0v) is 21.2. The third-order valence-electron chi connectivity index (χ3n) is 5.33. The average molecular weight is 511 g/mol. The molecule has 0 radical (unpaired) electrons. The minimum atomic E-state index is -0.119. The van der Waals surface area contributed by atoms with Crippen LogP contribution in [0.4, 0.5) is 5.13 Å². The smallest absolute Gasteiger partial charge is 0.262 e. The van der Waals surface area contributed by atoms with Crippen LogP contribution in [0.15, 0.2) is 70.1 Å². The highest BCUT2D eigenvalue weighted by molar-refractivity contribution is 7.99. The van der Waals surface area contributed by atoms with E-state index in [0.29, 0.717) is 47.3 Å². The Hall–Kier alpha value is -3.21. The molecule has 0 aliphatic carbocycles. The van der Waals surface area contributed by atoms with Crippen molar-refractivity contribution >= 4 is 45.0 Å². The number of aromatic nitrogens is 3. The summed E-state index contributed by atoms with van der Waals surface area (Å²) in [5.41, 5.74) is 1.46. The molecule has 182 valence electrons. The molecule has 0 atom stereocenters. The van der Waals surface area contributed by atoms with Gasteiger partial charge in [0.25, 0.3) is 5.56 Å². The molecule has 2 heterocycles. The molecule has 0 aliphatic heterocycles. The number of thioether (sulfide) groups is 1. The van der Waals surface area contributed by atoms with Crippen LogP contribution < -0.4 is 15.2 Å². The first kappa shape index (κ1) is 24.9. The van der Waals surface area contributed by atoms with Crippen LogP contribution in [0.5, 0.6) is 5.75 Å². The van der Waals surface area contributed by atoms with Crippen molar-refractivity contribution < 1.29 is 14.3 Å². The molecule has 0 N–H and O–H groups in total. The number of carbonyl (C=O) groups is 1. The van der Waals surface area contributed by atoms with Crippen molar-refractivity contribution in [2.24, 2.45) is 0 Å². The lowest BCUT2D eigenvalue weighted by atomic mass is 10.2. The van der Waals surface area contributed by atoms with E-state index < -0.39 is 0 Å². The molecule has 4 aromatic rings. The summed E-state index contributed by atoms with van der Waals surface area (Å²) in [5, 5.41) is 3.54. The van der Waals surface area contributed by atoms with Crippen molar-refractivity contribution in [1.29, 1.82) is 0 Å². The van der Waals surface area contributed by atoms with Crippen LogP contribution in [-0.4, -0.2) is 47.0 Å². The van der Waals surface area contributed by atoms with Crippen LogP contribution in [0.25, 0.3) is 10.9 Å². The van der Waals surface area contributed by atoms with Crippen molar-refractivity contribution in [2.75, 3.05) is 31.5 Å². The second kappa shape index (κ2) is 12.0. The van der Waals surface area contributed by atoms with Gasteiger partial charge in [0.15, 0.2) is 10.3 Å². The Morgan fingerprint density at radius 3 is 2.66 bits per heavy atom. The maximum absolute atomic E-state index is 13.4. The highest BCUT2D eigenvalue weighted by atomic mass is 32.2. The summed E-state index contributed by atoms with van der Waals surface area (Å²) in [6.07, 6.45) is 2.35. The maximum Gasteiger partial charge on any atom is 0.262 e. The summed E-state index contributed by atoms with van der Waals surface area (Å²) in [6, 6.07) is 14.9. The van der Waals surface area contributed by atoms with Gasteiger partial charge in [0.05, 0.1) is 30.3 Å². The van der Waals surface area contributed by atoms with Gasteiger partial charge in [0.1, 0.15) is 5.75 Å². The quantitative estimate of drug-likeness (QED) is 0.170. The van der Waals surface area contributed by atoms with E-state index in [1.165, 1.54) is 23.1 Å². The molecule has 10 heteroatoms. The Labute approximate surface area is 211 Å². The normalized spacial score (nSPS) is 11.0. The van der Waals surface area contributed by atoms with Gasteiger partial charge in [-0.15, -0.1) is 11.3 Å². The number of thiazole rings is 1. The topological polar surface area (TPSA) is 86.6 Å². The second-order valence-corrected chi connectivity index (χ2v) is 9.46. The van der Waals surface area contributed by atoms with Crippen LogP contribution in [0.1, 0.15) is 12.0 Å². The van der Waals surface area contributed by atoms with E-state index in [0.717, 1.165) is 11.3 Å². The second-order valence-electron chi connectivity index (χ2n) is 7.65. The van der Waals surface area contributed by atoms with Gasteiger partial charge in [-0.1, -0.05) is 36.0 Å². The van der Waals surface area contributed by atoms with Crippen LogP contribution in [0.2, 0.25) is 0 Å². The van der Waals surface area contributed by atoms with E-state index in [9.17, 15) is 9.59 Å². The summed E-state index contributed by atoms with van der Waals surface area (Å²) in [4.78, 5) is 37.2. The Kier molecular flexibility index (Phi) is 8.51. The minimum absolute atomic E-state index is 0.114. The van der Waals surface area contributed by atoms with Crippen LogP contribution in [0.3, 0.4) is 0 Å². The lowest BCUT2D eigenvalue weighted by molar-refractivity contribution is -0.116. The summed E-state index contributed by atoms with van der Waals surface area (Å²) in [5.74, 6) is 0.752. The monoisotopic (exact) mass is 510 g/mol. The molecule has 35 heavy (non-hydrogen) atoms. The lowest BCUT2D eigenvalue weighted by Gasteiger charge is -2.20. The molecule has 0 bridgehead atoms. The third kappa shape index (κ3) is 6.08. The van der Waals surface area contributed by atoms with Gasteiger partial charge in [0.2, 0.25) is 5.91 Å². The number of rotatable bonds is 11. The molecular weight excluding hydrogens is 484 g/mol. The van der Waals surface area contributed by atoms with Gasteiger partial charge < -0.3 is 9.47 Å². The Balaban J connectivity index is 1.57. The first-order valence-electron chi connectivity index (χ1n) is 11.0. The zero-order chi connectivity index (χ0) is 24.6. The number of ether oxygens (including phenoxy) is 2. The molecular formula is C25H26N4O4S2. The number of carbonyl (C=O) groups excluding carboxylic acids is 1. The Bertz CT molecular complexity index is 1320. The predicted octanol–water partition coefficient (Wildman–Crippen LogP) is 4.22. The third-order valence-corrected chi connectivity index (χ3v) is 7.09. The van der Waals surface area contributed by atoms with Crippen molar-refractivity contribution in [3.63, 3.8) is 0 Å². The summed E-state index contributed by atoms with van der Waals surface area (Å²) >= 11 is 2.67. The van der Waals surface area contributed by atoms with E-state index in [-0.39, 0.29) is 17.2 Å². The Morgan fingerprint density at radius 1 is 1.14 bits per heavy atom. The largest absolute Gasteiger partial charge is 0.497 e. The van der Waals surface area contributed by atoms with Crippen molar-refractivity contribution in [3.05, 3.63) is 76.0 Å². The highest BCUT2D eigenvalue weighted by Crippen LogP contribution is 2.24. The molecule has 4 rings (SSSR count). The predicted molar refractivity (Wildman–Crippen MR) is 140 cm³/mol. The van der Waals surface area contributed by atoms with E-state index in [1.54, 1.807) is 35.9 Å². The average Bonchev–Trinajstić information content (AvgIpc) is 3.42. The zero-order valence-electron chi connectivity index (χ0n) is 19.5. The summed E-state index contributed by atoms with van der Waals surface area (Å²) in [7, 11) is 3.25. The molecule has 0 spiro atoms. The number of fused-ring (bicyclic) bond motifs is 1. The first-order chi connectivity index (χ1) is 17.1.